The van der Waals surface area contributed by atoms with Crippen molar-refractivity contribution in [2.24, 2.45) is 11.7 Å². The monoisotopic (exact) mass is 402 g/mol. The van der Waals surface area contributed by atoms with Crippen LogP contribution in [0.15, 0.2) is 23.8 Å². The van der Waals surface area contributed by atoms with Gasteiger partial charge in [0.15, 0.2) is 17.0 Å². The Labute approximate surface area is 168 Å². The van der Waals surface area contributed by atoms with E-state index in [1.807, 2.05) is 29.7 Å². The van der Waals surface area contributed by atoms with E-state index in [0.717, 1.165) is 5.57 Å². The predicted octanol–water partition coefficient (Wildman–Crippen LogP) is 1.51. The van der Waals surface area contributed by atoms with E-state index in [1.165, 1.54) is 0 Å². The second-order valence-electron chi connectivity index (χ2n) is 6.74. The lowest BCUT2D eigenvalue weighted by molar-refractivity contribution is -0.137. The number of aromatic nitrogens is 4. The highest BCUT2D eigenvalue weighted by Gasteiger charge is 2.21. The largest absolute Gasteiger partial charge is 0.481 e. The molecule has 1 aliphatic carbocycles. The molecule has 2 aromatic heterocycles. The van der Waals surface area contributed by atoms with Crippen LogP contribution >= 0.6 is 0 Å². The minimum Gasteiger partial charge on any atom is -0.481 e. The van der Waals surface area contributed by atoms with Crippen molar-refractivity contribution >= 4 is 23.0 Å². The smallest absolute Gasteiger partial charge is 0.320 e. The van der Waals surface area contributed by atoms with E-state index in [1.54, 1.807) is 0 Å². The number of nitrogens with two attached hydrogens (primary N) is 2. The molecule has 1 unspecified atom stereocenters. The molecule has 0 aromatic carbocycles. The lowest BCUT2D eigenvalue weighted by Gasteiger charge is -2.18. The number of aliphatic carboxylic acids is 1. The average molecular weight is 402 g/mol. The third-order valence-electron chi connectivity index (χ3n) is 4.46. The highest BCUT2D eigenvalue weighted by molar-refractivity contribution is 5.83. The molecule has 0 saturated heterocycles. The van der Waals surface area contributed by atoms with Crippen molar-refractivity contribution in [3.8, 4) is 12.0 Å². The first-order valence-corrected chi connectivity index (χ1v) is 9.59. The normalized spacial score (nSPS) is 16.1. The number of imidazole rings is 1. The maximum absolute atomic E-state index is 11.0. The number of hydrogen-bond acceptors (Lipinski definition) is 8. The first kappa shape index (κ1) is 20.6. The van der Waals surface area contributed by atoms with Gasteiger partial charge in [-0.15, -0.1) is 0 Å². The highest BCUT2D eigenvalue weighted by Crippen LogP contribution is 2.29. The van der Waals surface area contributed by atoms with Gasteiger partial charge in [0.1, 0.15) is 0 Å². The van der Waals surface area contributed by atoms with Crippen LogP contribution in [0.2, 0.25) is 0 Å². The van der Waals surface area contributed by atoms with Crippen molar-refractivity contribution in [1.82, 2.24) is 19.5 Å². The van der Waals surface area contributed by atoms with Crippen LogP contribution in [0.25, 0.3) is 11.2 Å². The Morgan fingerprint density at radius 2 is 2.17 bits per heavy atom. The van der Waals surface area contributed by atoms with Crippen LogP contribution in [0.5, 0.6) is 12.0 Å². The van der Waals surface area contributed by atoms with Crippen molar-refractivity contribution in [2.45, 2.75) is 32.7 Å². The number of anilines is 1. The summed E-state index contributed by atoms with van der Waals surface area (Å²) < 4.78 is 13.1. The summed E-state index contributed by atoms with van der Waals surface area (Å²) in [6, 6.07) is 0.543. The summed E-state index contributed by atoms with van der Waals surface area (Å²) in [6.45, 7) is 3.64. The fourth-order valence-electron chi connectivity index (χ4n) is 3.18. The second-order valence-corrected chi connectivity index (χ2v) is 6.74. The number of nitrogens with zero attached hydrogens (tertiary/aromatic N) is 4. The first-order chi connectivity index (χ1) is 14.0. The fourth-order valence-corrected chi connectivity index (χ4v) is 3.18. The van der Waals surface area contributed by atoms with Gasteiger partial charge >= 0.3 is 12.0 Å². The van der Waals surface area contributed by atoms with Crippen LogP contribution < -0.4 is 20.9 Å². The van der Waals surface area contributed by atoms with Crippen LogP contribution in [-0.4, -0.2) is 50.4 Å². The van der Waals surface area contributed by atoms with Crippen LogP contribution in [0.3, 0.4) is 0 Å². The standard InChI is InChI=1S/C19H26N6O4/c1-2-28-19-22-15-16(21)23-18(29-8-4-7-20)24-17(15)25(19)11-13-6-3-5-12(9-13)10-14(26)27/h3,5-6,12H,2,4,7-11,20H2,1H3,(H,26,27)(H2,21,23,24). The van der Waals surface area contributed by atoms with E-state index in [9.17, 15) is 4.79 Å². The van der Waals surface area contributed by atoms with Gasteiger partial charge in [-0.3, -0.25) is 9.36 Å². The molecule has 1 atom stereocenters. The molecule has 10 nitrogen and oxygen atoms in total. The van der Waals surface area contributed by atoms with Gasteiger partial charge in [0.2, 0.25) is 0 Å². The van der Waals surface area contributed by atoms with Crippen LogP contribution in [0.4, 0.5) is 5.82 Å². The zero-order valence-corrected chi connectivity index (χ0v) is 16.4. The number of fused-ring (bicyclic) bond motifs is 1. The van der Waals surface area contributed by atoms with Gasteiger partial charge < -0.3 is 26.0 Å². The molecule has 0 amide bonds. The van der Waals surface area contributed by atoms with E-state index >= 15 is 0 Å². The molecule has 2 heterocycles. The number of carbonyl (C=O) groups is 1. The van der Waals surface area contributed by atoms with E-state index in [-0.39, 0.29) is 24.2 Å². The van der Waals surface area contributed by atoms with E-state index in [4.69, 9.17) is 26.0 Å². The summed E-state index contributed by atoms with van der Waals surface area (Å²) in [6.07, 6.45) is 7.17. The number of hydrogen-bond donors (Lipinski definition) is 3. The highest BCUT2D eigenvalue weighted by atomic mass is 16.5. The number of carboxylic acid groups (broad SMARTS) is 1. The average Bonchev–Trinajstić information content (AvgIpc) is 3.00. The molecule has 0 spiro atoms. The molecule has 0 radical (unpaired) electrons. The number of carboxylic acids is 1. The Hall–Kier alpha value is -3.14. The summed E-state index contributed by atoms with van der Waals surface area (Å²) in [5.41, 5.74) is 13.6. The minimum atomic E-state index is -0.816. The molecule has 1 aliphatic rings. The van der Waals surface area contributed by atoms with Crippen molar-refractivity contribution < 1.29 is 19.4 Å². The minimum absolute atomic E-state index is 0.0484. The van der Waals surface area contributed by atoms with E-state index in [2.05, 4.69) is 15.0 Å². The van der Waals surface area contributed by atoms with Gasteiger partial charge in [0, 0.05) is 0 Å². The third-order valence-corrected chi connectivity index (χ3v) is 4.46. The van der Waals surface area contributed by atoms with E-state index in [0.29, 0.717) is 56.3 Å². The van der Waals surface area contributed by atoms with Gasteiger partial charge in [0.05, 0.1) is 26.2 Å². The topological polar surface area (TPSA) is 151 Å². The van der Waals surface area contributed by atoms with Gasteiger partial charge in [-0.1, -0.05) is 18.2 Å². The molecular formula is C19H26N6O4. The molecule has 0 fully saturated rings. The first-order valence-electron chi connectivity index (χ1n) is 9.59. The predicted molar refractivity (Wildman–Crippen MR) is 108 cm³/mol. The molecule has 29 heavy (non-hydrogen) atoms. The van der Waals surface area contributed by atoms with Gasteiger partial charge in [-0.25, -0.2) is 0 Å². The summed E-state index contributed by atoms with van der Waals surface area (Å²) >= 11 is 0. The number of rotatable bonds is 10. The van der Waals surface area contributed by atoms with Crippen molar-refractivity contribution in [3.05, 3.63) is 23.8 Å². The zero-order valence-electron chi connectivity index (χ0n) is 16.4. The molecule has 0 aliphatic heterocycles. The Balaban J connectivity index is 1.92. The van der Waals surface area contributed by atoms with E-state index < -0.39 is 5.97 Å². The van der Waals surface area contributed by atoms with Crippen molar-refractivity contribution in [2.75, 3.05) is 25.5 Å². The Morgan fingerprint density at radius 3 is 2.90 bits per heavy atom. The van der Waals surface area contributed by atoms with Crippen molar-refractivity contribution in [1.29, 1.82) is 0 Å². The lowest BCUT2D eigenvalue weighted by Crippen LogP contribution is -2.13. The second kappa shape index (κ2) is 9.37. The molecule has 0 saturated carbocycles. The number of allylic oxidation sites excluding steroid dienone is 4. The Morgan fingerprint density at radius 1 is 1.34 bits per heavy atom. The van der Waals surface area contributed by atoms with Gasteiger partial charge in [-0.05, 0) is 37.8 Å². The molecule has 2 aromatic rings. The van der Waals surface area contributed by atoms with Crippen LogP contribution in [-0.2, 0) is 11.3 Å². The molecule has 10 heteroatoms. The zero-order chi connectivity index (χ0) is 20.8. The summed E-state index contributed by atoms with van der Waals surface area (Å²) in [5, 5.41) is 9.07. The van der Waals surface area contributed by atoms with Crippen molar-refractivity contribution in [3.63, 3.8) is 0 Å². The Kier molecular flexibility index (Phi) is 6.65. The maximum Gasteiger partial charge on any atom is 0.320 e. The van der Waals surface area contributed by atoms with Crippen LogP contribution in [0.1, 0.15) is 26.2 Å². The quantitative estimate of drug-likeness (QED) is 0.502. The molecular weight excluding hydrogens is 376 g/mol. The molecule has 0 bridgehead atoms. The van der Waals surface area contributed by atoms with Crippen LogP contribution in [0, 0.1) is 5.92 Å². The summed E-state index contributed by atoms with van der Waals surface area (Å²) in [5.74, 6) is -0.657. The third kappa shape index (κ3) is 5.02. The Bertz CT molecular complexity index is 936. The summed E-state index contributed by atoms with van der Waals surface area (Å²) in [4.78, 5) is 24.1. The lowest BCUT2D eigenvalue weighted by atomic mass is 9.91. The van der Waals surface area contributed by atoms with Gasteiger partial charge in [0.25, 0.3) is 6.01 Å². The number of nitrogen functional groups attached to an aromatic ring is 1. The molecule has 5 N–H and O–H groups in total. The molecule has 156 valence electrons. The SMILES string of the molecule is CCOc1nc2c(N)nc(OCCCN)nc2n1CC1=CC=CC(CC(=O)O)C1. The van der Waals surface area contributed by atoms with Gasteiger partial charge in [-0.2, -0.15) is 15.0 Å². The maximum atomic E-state index is 11.0. The number of ether oxygens (including phenoxy) is 2. The summed E-state index contributed by atoms with van der Waals surface area (Å²) in [7, 11) is 0. The molecule has 3 rings (SSSR count). The fraction of sp³-hybridized carbons (Fsp3) is 0.474.